The quantitative estimate of drug-likeness (QED) is 0.827. The molecule has 2 aromatic rings. The summed E-state index contributed by atoms with van der Waals surface area (Å²) in [5.74, 6) is -0.000805. The highest BCUT2D eigenvalue weighted by molar-refractivity contribution is 5.95. The van der Waals surface area contributed by atoms with Crippen LogP contribution in [-0.2, 0) is 6.54 Å². The van der Waals surface area contributed by atoms with Gasteiger partial charge in [0.25, 0.3) is 0 Å². The highest BCUT2D eigenvalue weighted by Crippen LogP contribution is 2.21. The molecule has 0 unspecified atom stereocenters. The average Bonchev–Trinajstić information content (AvgIpc) is 2.99. The largest absolute Gasteiger partial charge is 0.335 e. The van der Waals surface area contributed by atoms with Gasteiger partial charge in [-0.1, -0.05) is 20.8 Å². The molecule has 0 saturated heterocycles. The van der Waals surface area contributed by atoms with E-state index in [0.29, 0.717) is 17.8 Å². The summed E-state index contributed by atoms with van der Waals surface area (Å²) in [4.78, 5) is 27.6. The normalized spacial score (nSPS) is 12.5. The van der Waals surface area contributed by atoms with Gasteiger partial charge in [-0.25, -0.2) is 9.78 Å². The molecule has 0 saturated carbocycles. The van der Waals surface area contributed by atoms with E-state index in [0.717, 1.165) is 0 Å². The summed E-state index contributed by atoms with van der Waals surface area (Å²) >= 11 is 0. The lowest BCUT2D eigenvalue weighted by Gasteiger charge is -2.31. The maximum absolute atomic E-state index is 12.3. The molecule has 0 aliphatic rings. The van der Waals surface area contributed by atoms with Crippen LogP contribution in [0.3, 0.4) is 0 Å². The Kier molecular flexibility index (Phi) is 5.39. The summed E-state index contributed by atoms with van der Waals surface area (Å²) in [6, 6.07) is 6.50. The maximum Gasteiger partial charge on any atom is 0.319 e. The molecular weight excluding hydrogens is 304 g/mol. The van der Waals surface area contributed by atoms with Crippen LogP contribution < -0.4 is 10.6 Å². The number of hydrogen-bond acceptors (Lipinski definition) is 3. The number of aromatic nitrogens is 2. The van der Waals surface area contributed by atoms with Crippen LogP contribution in [0.15, 0.2) is 43.0 Å². The van der Waals surface area contributed by atoms with Gasteiger partial charge in [-0.05, 0) is 36.6 Å². The van der Waals surface area contributed by atoms with Gasteiger partial charge in [0, 0.05) is 30.2 Å². The number of nitrogens with zero attached hydrogens (tertiary/aromatic N) is 2. The second kappa shape index (κ2) is 7.29. The molecule has 6 nitrogen and oxygen atoms in total. The lowest BCUT2D eigenvalue weighted by Crippen LogP contribution is -2.47. The molecule has 2 rings (SSSR count). The Morgan fingerprint density at radius 2 is 1.88 bits per heavy atom. The predicted octanol–water partition coefficient (Wildman–Crippen LogP) is 3.32. The second-order valence-corrected chi connectivity index (χ2v) is 6.91. The van der Waals surface area contributed by atoms with E-state index in [1.165, 1.54) is 6.92 Å². The molecule has 24 heavy (non-hydrogen) atoms. The van der Waals surface area contributed by atoms with E-state index >= 15 is 0 Å². The molecule has 1 aromatic heterocycles. The van der Waals surface area contributed by atoms with E-state index in [1.54, 1.807) is 36.8 Å². The maximum atomic E-state index is 12.3. The molecule has 6 heteroatoms. The minimum atomic E-state index is -0.273. The molecular formula is C18H24N4O2. The third-order valence-corrected chi connectivity index (χ3v) is 3.85. The second-order valence-electron chi connectivity index (χ2n) is 6.91. The summed E-state index contributed by atoms with van der Waals surface area (Å²) < 4.78 is 1.94. The summed E-state index contributed by atoms with van der Waals surface area (Å²) in [7, 11) is 0. The van der Waals surface area contributed by atoms with Gasteiger partial charge < -0.3 is 15.2 Å². The Hall–Kier alpha value is -2.63. The van der Waals surface area contributed by atoms with Crippen molar-refractivity contribution in [1.29, 1.82) is 0 Å². The standard InChI is InChI=1S/C18H24N4O2/c1-13(23)14-5-7-15(8-6-14)20-17(24)21-16(18(2,3)4)11-22-10-9-19-12-22/h5-10,12,16H,11H2,1-4H3,(H2,20,21,24)/t16-/m0/s1. The van der Waals surface area contributed by atoms with Crippen molar-refractivity contribution in [3.05, 3.63) is 48.5 Å². The van der Waals surface area contributed by atoms with Gasteiger partial charge in [-0.2, -0.15) is 0 Å². The number of urea groups is 1. The number of carbonyl (C=O) groups excluding carboxylic acids is 2. The monoisotopic (exact) mass is 328 g/mol. The Bertz CT molecular complexity index is 685. The number of anilines is 1. The number of hydrogen-bond donors (Lipinski definition) is 2. The first-order chi connectivity index (χ1) is 11.3. The summed E-state index contributed by atoms with van der Waals surface area (Å²) in [5.41, 5.74) is 1.15. The topological polar surface area (TPSA) is 76.0 Å². The predicted molar refractivity (Wildman–Crippen MR) is 94.1 cm³/mol. The fourth-order valence-corrected chi connectivity index (χ4v) is 2.26. The Morgan fingerprint density at radius 3 is 2.38 bits per heavy atom. The number of imidazole rings is 1. The highest BCUT2D eigenvalue weighted by atomic mass is 16.2. The highest BCUT2D eigenvalue weighted by Gasteiger charge is 2.26. The zero-order valence-corrected chi connectivity index (χ0v) is 14.5. The van der Waals surface area contributed by atoms with Crippen LogP contribution in [0.2, 0.25) is 0 Å². The Labute approximate surface area is 142 Å². The molecule has 0 bridgehead atoms. The van der Waals surface area contributed by atoms with E-state index < -0.39 is 0 Å². The summed E-state index contributed by atoms with van der Waals surface area (Å²) in [5, 5.41) is 5.82. The number of rotatable bonds is 5. The molecule has 0 spiro atoms. The molecule has 0 radical (unpaired) electrons. The van der Waals surface area contributed by atoms with Crippen LogP contribution in [0.5, 0.6) is 0 Å². The van der Waals surface area contributed by atoms with Gasteiger partial charge >= 0.3 is 6.03 Å². The molecule has 2 N–H and O–H groups in total. The third kappa shape index (κ3) is 4.94. The SMILES string of the molecule is CC(=O)c1ccc(NC(=O)N[C@@H](Cn2ccnc2)C(C)(C)C)cc1. The van der Waals surface area contributed by atoms with Crippen molar-refractivity contribution >= 4 is 17.5 Å². The minimum Gasteiger partial charge on any atom is -0.335 e. The van der Waals surface area contributed by atoms with Crippen molar-refractivity contribution in [2.45, 2.75) is 40.3 Å². The number of carbonyl (C=O) groups is 2. The van der Waals surface area contributed by atoms with Crippen LogP contribution in [0.25, 0.3) is 0 Å². The zero-order chi connectivity index (χ0) is 17.7. The van der Waals surface area contributed by atoms with E-state index in [2.05, 4.69) is 36.4 Å². The molecule has 2 amide bonds. The first kappa shape index (κ1) is 17.7. The average molecular weight is 328 g/mol. The van der Waals surface area contributed by atoms with E-state index in [9.17, 15) is 9.59 Å². The number of ketones is 1. The van der Waals surface area contributed by atoms with Crippen LogP contribution in [0, 0.1) is 5.41 Å². The third-order valence-electron chi connectivity index (χ3n) is 3.85. The fraction of sp³-hybridized carbons (Fsp3) is 0.389. The molecule has 128 valence electrons. The van der Waals surface area contributed by atoms with Crippen molar-refractivity contribution < 1.29 is 9.59 Å². The molecule has 0 aliphatic heterocycles. The van der Waals surface area contributed by atoms with Crippen LogP contribution >= 0.6 is 0 Å². The van der Waals surface area contributed by atoms with Crippen LogP contribution in [-0.4, -0.2) is 27.4 Å². The van der Waals surface area contributed by atoms with Gasteiger partial charge in [0.1, 0.15) is 0 Å². The van der Waals surface area contributed by atoms with Crippen molar-refractivity contribution in [2.24, 2.45) is 5.41 Å². The van der Waals surface area contributed by atoms with E-state index in [1.807, 2.05) is 10.8 Å². The van der Waals surface area contributed by atoms with Crippen molar-refractivity contribution in [1.82, 2.24) is 14.9 Å². The molecule has 0 aliphatic carbocycles. The van der Waals surface area contributed by atoms with Gasteiger partial charge in [0.05, 0.1) is 12.4 Å². The summed E-state index contributed by atoms with van der Waals surface area (Å²) in [6.45, 7) is 8.39. The van der Waals surface area contributed by atoms with Crippen molar-refractivity contribution in [3.63, 3.8) is 0 Å². The van der Waals surface area contributed by atoms with Gasteiger partial charge in [-0.3, -0.25) is 4.79 Å². The number of benzene rings is 1. The van der Waals surface area contributed by atoms with Crippen molar-refractivity contribution in [2.75, 3.05) is 5.32 Å². The molecule has 1 heterocycles. The van der Waals surface area contributed by atoms with Gasteiger partial charge in [0.2, 0.25) is 0 Å². The zero-order valence-electron chi connectivity index (χ0n) is 14.5. The van der Waals surface area contributed by atoms with E-state index in [4.69, 9.17) is 0 Å². The smallest absolute Gasteiger partial charge is 0.319 e. The number of nitrogens with one attached hydrogen (secondary N) is 2. The van der Waals surface area contributed by atoms with E-state index in [-0.39, 0.29) is 23.3 Å². The van der Waals surface area contributed by atoms with Crippen LogP contribution in [0.1, 0.15) is 38.1 Å². The van der Waals surface area contributed by atoms with Crippen molar-refractivity contribution in [3.8, 4) is 0 Å². The Morgan fingerprint density at radius 1 is 1.21 bits per heavy atom. The van der Waals surface area contributed by atoms with Crippen LogP contribution in [0.4, 0.5) is 10.5 Å². The number of Topliss-reactive ketones (excluding diaryl/α,β-unsaturated/α-hetero) is 1. The summed E-state index contributed by atoms with van der Waals surface area (Å²) in [6.07, 6.45) is 5.33. The first-order valence-corrected chi connectivity index (χ1v) is 7.90. The fourth-order valence-electron chi connectivity index (χ4n) is 2.26. The molecule has 0 fully saturated rings. The lowest BCUT2D eigenvalue weighted by atomic mass is 9.86. The van der Waals surface area contributed by atoms with Gasteiger partial charge in [0.15, 0.2) is 5.78 Å². The minimum absolute atomic E-state index is 0.000805. The molecule has 1 atom stereocenters. The molecule has 1 aromatic carbocycles. The first-order valence-electron chi connectivity index (χ1n) is 7.90. The van der Waals surface area contributed by atoms with Gasteiger partial charge in [-0.15, -0.1) is 0 Å². The Balaban J connectivity index is 2.00. The number of amides is 2. The lowest BCUT2D eigenvalue weighted by molar-refractivity contribution is 0.101.